The maximum Gasteiger partial charge on any atom is 0.321 e. The summed E-state index contributed by atoms with van der Waals surface area (Å²) in [4.78, 5) is 12.1. The predicted molar refractivity (Wildman–Crippen MR) is 86.7 cm³/mol. The minimum absolute atomic E-state index is 0.0197. The van der Waals surface area contributed by atoms with Crippen LogP contribution in [0, 0.1) is 0 Å². The zero-order chi connectivity index (χ0) is 16.2. The van der Waals surface area contributed by atoms with Crippen LogP contribution >= 0.6 is 11.3 Å². The fourth-order valence-electron chi connectivity index (χ4n) is 2.62. The number of carbonyl (C=O) groups is 1. The normalized spacial score (nSPS) is 20.4. The Morgan fingerprint density at radius 1 is 1.48 bits per heavy atom. The van der Waals surface area contributed by atoms with Gasteiger partial charge in [0.25, 0.3) is 0 Å². The third-order valence-electron chi connectivity index (χ3n) is 3.73. The van der Waals surface area contributed by atoms with Crippen molar-refractivity contribution in [2.45, 2.75) is 44.8 Å². The molecule has 2 aromatic heterocycles. The van der Waals surface area contributed by atoms with Gasteiger partial charge in [0, 0.05) is 7.05 Å². The van der Waals surface area contributed by atoms with Crippen LogP contribution in [0.2, 0.25) is 0 Å². The van der Waals surface area contributed by atoms with Crippen molar-refractivity contribution in [2.24, 2.45) is 7.05 Å². The molecule has 0 aliphatic heterocycles. The summed E-state index contributed by atoms with van der Waals surface area (Å²) < 4.78 is 7.62. The molecule has 1 aliphatic carbocycles. The molecule has 0 radical (unpaired) electrons. The fraction of sp³-hybridized carbons (Fsp3) is 0.571. The van der Waals surface area contributed by atoms with Crippen molar-refractivity contribution in [3.05, 3.63) is 17.4 Å². The molecule has 8 nitrogen and oxygen atoms in total. The van der Waals surface area contributed by atoms with Gasteiger partial charge in [-0.15, -0.1) is 10.2 Å². The summed E-state index contributed by atoms with van der Waals surface area (Å²) in [7, 11) is 1.84. The van der Waals surface area contributed by atoms with Crippen LogP contribution in [0.25, 0.3) is 0 Å². The zero-order valence-corrected chi connectivity index (χ0v) is 14.0. The first-order chi connectivity index (χ1) is 11.1. The van der Waals surface area contributed by atoms with Gasteiger partial charge < -0.3 is 10.1 Å². The first kappa shape index (κ1) is 15.7. The van der Waals surface area contributed by atoms with Gasteiger partial charge in [-0.1, -0.05) is 18.3 Å². The number of anilines is 1. The van der Waals surface area contributed by atoms with E-state index in [0.29, 0.717) is 5.13 Å². The summed E-state index contributed by atoms with van der Waals surface area (Å²) in [5.41, 5.74) is 0. The molecule has 2 amide bonds. The van der Waals surface area contributed by atoms with E-state index in [2.05, 4.69) is 25.9 Å². The maximum atomic E-state index is 12.1. The van der Waals surface area contributed by atoms with Crippen molar-refractivity contribution in [3.8, 4) is 5.75 Å². The van der Waals surface area contributed by atoms with Crippen molar-refractivity contribution in [1.29, 1.82) is 0 Å². The van der Waals surface area contributed by atoms with Crippen LogP contribution in [0.1, 0.15) is 31.2 Å². The van der Waals surface area contributed by atoms with Gasteiger partial charge in [0.1, 0.15) is 11.1 Å². The topological polar surface area (TPSA) is 94.0 Å². The van der Waals surface area contributed by atoms with E-state index >= 15 is 0 Å². The summed E-state index contributed by atoms with van der Waals surface area (Å²) >= 11 is 1.39. The average molecular weight is 336 g/mol. The highest BCUT2D eigenvalue weighted by molar-refractivity contribution is 7.15. The summed E-state index contributed by atoms with van der Waals surface area (Å²) in [6.45, 7) is 2.00. The molecule has 2 atom stereocenters. The maximum absolute atomic E-state index is 12.1. The molecule has 1 fully saturated rings. The lowest BCUT2D eigenvalue weighted by molar-refractivity contribution is 0.175. The largest absolute Gasteiger partial charge is 0.485 e. The van der Waals surface area contributed by atoms with E-state index in [1.165, 1.54) is 11.3 Å². The third-order valence-corrected chi connectivity index (χ3v) is 4.71. The molecule has 0 saturated heterocycles. The van der Waals surface area contributed by atoms with Crippen LogP contribution in [0.3, 0.4) is 0 Å². The Morgan fingerprint density at radius 2 is 2.35 bits per heavy atom. The second-order valence-corrected chi connectivity index (χ2v) is 6.56. The molecule has 0 unspecified atom stereocenters. The Morgan fingerprint density at radius 3 is 3.04 bits per heavy atom. The van der Waals surface area contributed by atoms with Gasteiger partial charge in [-0.25, -0.2) is 4.79 Å². The second-order valence-electron chi connectivity index (χ2n) is 5.50. The molecule has 1 saturated carbocycles. The number of carbonyl (C=O) groups excluding carboxylic acids is 1. The van der Waals surface area contributed by atoms with Crippen LogP contribution < -0.4 is 15.4 Å². The van der Waals surface area contributed by atoms with E-state index in [4.69, 9.17) is 4.74 Å². The van der Waals surface area contributed by atoms with Gasteiger partial charge in [0.15, 0.2) is 5.75 Å². The standard InChI is InChI=1S/C14H20N6O2S/c1-3-12-18-19-14(23-12)17-13(21)16-10-5-4-6-11(10)22-9-7-15-20(2)8-9/h7-8,10-11H,3-6H2,1-2H3,(H2,16,17,19,21)/t10-,11+/m1/s1. The lowest BCUT2D eigenvalue weighted by atomic mass is 10.2. The van der Waals surface area contributed by atoms with Crippen molar-refractivity contribution in [2.75, 3.05) is 5.32 Å². The van der Waals surface area contributed by atoms with Crippen LogP contribution in [0.15, 0.2) is 12.4 Å². The molecule has 3 rings (SSSR count). The van der Waals surface area contributed by atoms with E-state index in [0.717, 1.165) is 36.4 Å². The quantitative estimate of drug-likeness (QED) is 0.870. The average Bonchev–Trinajstić information content (AvgIpc) is 3.23. The van der Waals surface area contributed by atoms with Crippen molar-refractivity contribution >= 4 is 22.5 Å². The molecule has 1 aliphatic rings. The summed E-state index contributed by atoms with van der Waals surface area (Å²) in [5.74, 6) is 0.725. The minimum atomic E-state index is -0.268. The molecular weight excluding hydrogens is 316 g/mol. The van der Waals surface area contributed by atoms with Gasteiger partial charge in [-0.3, -0.25) is 10.00 Å². The Bertz CT molecular complexity index is 670. The molecule has 9 heteroatoms. The molecule has 2 N–H and O–H groups in total. The van der Waals surface area contributed by atoms with Crippen LogP contribution in [0.4, 0.5) is 9.93 Å². The van der Waals surface area contributed by atoms with Crippen molar-refractivity contribution < 1.29 is 9.53 Å². The van der Waals surface area contributed by atoms with Gasteiger partial charge in [-0.05, 0) is 25.7 Å². The lowest BCUT2D eigenvalue weighted by Crippen LogP contribution is -2.44. The van der Waals surface area contributed by atoms with Gasteiger partial charge in [0.2, 0.25) is 5.13 Å². The highest BCUT2D eigenvalue weighted by Gasteiger charge is 2.30. The molecule has 124 valence electrons. The van der Waals surface area contributed by atoms with Crippen molar-refractivity contribution in [1.82, 2.24) is 25.3 Å². The third kappa shape index (κ3) is 3.98. The number of amides is 2. The number of hydrogen-bond donors (Lipinski definition) is 2. The van der Waals surface area contributed by atoms with E-state index in [-0.39, 0.29) is 18.2 Å². The first-order valence-corrected chi connectivity index (χ1v) is 8.51. The molecule has 0 aromatic carbocycles. The number of ether oxygens (including phenoxy) is 1. The van der Waals surface area contributed by atoms with Gasteiger partial charge in [0.05, 0.1) is 18.4 Å². The zero-order valence-electron chi connectivity index (χ0n) is 13.2. The number of urea groups is 1. The monoisotopic (exact) mass is 336 g/mol. The molecular formula is C14H20N6O2S. The van der Waals surface area contributed by atoms with E-state index < -0.39 is 0 Å². The van der Waals surface area contributed by atoms with Crippen LogP contribution in [-0.4, -0.2) is 38.2 Å². The molecule has 0 bridgehead atoms. The highest BCUT2D eigenvalue weighted by Crippen LogP contribution is 2.24. The lowest BCUT2D eigenvalue weighted by Gasteiger charge is -2.21. The molecule has 0 spiro atoms. The Hall–Kier alpha value is -2.16. The molecule has 2 aromatic rings. The summed E-state index contributed by atoms with van der Waals surface area (Å²) in [5, 5.41) is 19.1. The Labute approximate surface area is 138 Å². The summed E-state index contributed by atoms with van der Waals surface area (Å²) in [6, 6.07) is -0.288. The molecule has 2 heterocycles. The van der Waals surface area contributed by atoms with Gasteiger partial charge >= 0.3 is 6.03 Å². The van der Waals surface area contributed by atoms with Crippen LogP contribution in [0.5, 0.6) is 5.75 Å². The SMILES string of the molecule is CCc1nnc(NC(=O)N[C@@H]2CCC[C@@H]2Oc2cnn(C)c2)s1. The van der Waals surface area contributed by atoms with Gasteiger partial charge in [-0.2, -0.15) is 5.10 Å². The second kappa shape index (κ2) is 6.95. The highest BCUT2D eigenvalue weighted by atomic mass is 32.1. The van der Waals surface area contributed by atoms with E-state index in [1.54, 1.807) is 10.9 Å². The van der Waals surface area contributed by atoms with Crippen LogP contribution in [-0.2, 0) is 13.5 Å². The number of nitrogens with zero attached hydrogens (tertiary/aromatic N) is 4. The van der Waals surface area contributed by atoms with E-state index in [1.807, 2.05) is 20.2 Å². The number of rotatable bonds is 5. The van der Waals surface area contributed by atoms with Crippen molar-refractivity contribution in [3.63, 3.8) is 0 Å². The fourth-order valence-corrected chi connectivity index (χ4v) is 3.29. The predicted octanol–water partition coefficient (Wildman–Crippen LogP) is 1.96. The Balaban J connectivity index is 1.54. The first-order valence-electron chi connectivity index (χ1n) is 7.69. The number of nitrogens with one attached hydrogen (secondary N) is 2. The molecule has 23 heavy (non-hydrogen) atoms. The minimum Gasteiger partial charge on any atom is -0.485 e. The summed E-state index contributed by atoms with van der Waals surface area (Å²) in [6.07, 6.45) is 7.11. The smallest absolute Gasteiger partial charge is 0.321 e. The number of aryl methyl sites for hydroxylation is 2. The number of hydrogen-bond acceptors (Lipinski definition) is 6. The number of aromatic nitrogens is 4. The van der Waals surface area contributed by atoms with E-state index in [9.17, 15) is 4.79 Å². The Kier molecular flexibility index (Phi) is 4.75.